The van der Waals surface area contributed by atoms with Crippen LogP contribution in [0.25, 0.3) is 0 Å². The number of hydrogen-bond acceptors (Lipinski definition) is 3. The van der Waals surface area contributed by atoms with Gasteiger partial charge in [-0.05, 0) is 38.9 Å². The number of aromatic nitrogens is 1. The van der Waals surface area contributed by atoms with Crippen LogP contribution in [0.15, 0.2) is 12.1 Å². The monoisotopic (exact) mass is 289 g/mol. The average Bonchev–Trinajstić information content (AvgIpc) is 2.33. The summed E-state index contributed by atoms with van der Waals surface area (Å²) in [7, 11) is 0. The van der Waals surface area contributed by atoms with E-state index in [1.54, 1.807) is 19.9 Å². The minimum atomic E-state index is -4.23. The van der Waals surface area contributed by atoms with Crippen LogP contribution in [0.3, 0.4) is 0 Å². The first kappa shape index (κ1) is 16.8. The zero-order chi connectivity index (χ0) is 15.3. The maximum Gasteiger partial charge on any atom is 0.405 e. The Morgan fingerprint density at radius 1 is 1.30 bits per heavy atom. The van der Waals surface area contributed by atoms with Crippen molar-refractivity contribution in [3.63, 3.8) is 0 Å². The van der Waals surface area contributed by atoms with Crippen molar-refractivity contribution in [3.05, 3.63) is 23.4 Å². The number of aryl methyl sites for hydroxylation is 1. The van der Waals surface area contributed by atoms with Crippen LogP contribution < -0.4 is 10.2 Å². The van der Waals surface area contributed by atoms with Crippen LogP contribution in [0.5, 0.6) is 0 Å². The summed E-state index contributed by atoms with van der Waals surface area (Å²) in [5, 5.41) is 3.18. The molecule has 114 valence electrons. The summed E-state index contributed by atoms with van der Waals surface area (Å²) >= 11 is 0. The predicted octanol–water partition coefficient (Wildman–Crippen LogP) is 3.28. The highest BCUT2D eigenvalue weighted by Gasteiger charge is 2.32. The van der Waals surface area contributed by atoms with Gasteiger partial charge in [-0.15, -0.1) is 0 Å². The lowest BCUT2D eigenvalue weighted by atomic mass is 10.2. The third-order valence-corrected chi connectivity index (χ3v) is 3.01. The standard InChI is InChI=1S/C14H22F3N3/c1-5-18-8-12-6-7-13(19-11(12)4)20(10(2)3)9-14(15,16)17/h6-7,10,18H,5,8-9H2,1-4H3. The van der Waals surface area contributed by atoms with Gasteiger partial charge < -0.3 is 10.2 Å². The van der Waals surface area contributed by atoms with Crippen molar-refractivity contribution in [1.29, 1.82) is 0 Å². The lowest BCUT2D eigenvalue weighted by Crippen LogP contribution is -2.39. The Labute approximate surface area is 118 Å². The average molecular weight is 289 g/mol. The first-order valence-corrected chi connectivity index (χ1v) is 6.75. The number of nitrogens with zero attached hydrogens (tertiary/aromatic N) is 2. The van der Waals surface area contributed by atoms with E-state index in [4.69, 9.17) is 0 Å². The lowest BCUT2D eigenvalue weighted by molar-refractivity contribution is -0.120. The zero-order valence-electron chi connectivity index (χ0n) is 12.4. The van der Waals surface area contributed by atoms with Gasteiger partial charge in [-0.25, -0.2) is 4.98 Å². The van der Waals surface area contributed by atoms with Crippen molar-refractivity contribution in [2.45, 2.75) is 46.5 Å². The van der Waals surface area contributed by atoms with Gasteiger partial charge in [-0.3, -0.25) is 0 Å². The Morgan fingerprint density at radius 2 is 1.95 bits per heavy atom. The topological polar surface area (TPSA) is 28.2 Å². The maximum absolute atomic E-state index is 12.6. The molecule has 0 saturated heterocycles. The van der Waals surface area contributed by atoms with Gasteiger partial charge in [0.2, 0.25) is 0 Å². The van der Waals surface area contributed by atoms with Crippen LogP contribution >= 0.6 is 0 Å². The molecule has 3 nitrogen and oxygen atoms in total. The Bertz CT molecular complexity index is 430. The molecule has 0 aliphatic rings. The Kier molecular flexibility index (Phi) is 5.80. The van der Waals surface area contributed by atoms with Crippen molar-refractivity contribution in [2.24, 2.45) is 0 Å². The number of pyridine rings is 1. The number of halogens is 3. The normalized spacial score (nSPS) is 12.0. The van der Waals surface area contributed by atoms with E-state index in [1.165, 1.54) is 4.90 Å². The van der Waals surface area contributed by atoms with E-state index in [1.807, 2.05) is 19.9 Å². The van der Waals surface area contributed by atoms with E-state index in [0.717, 1.165) is 17.8 Å². The summed E-state index contributed by atoms with van der Waals surface area (Å²) in [5.74, 6) is 0.370. The molecule has 20 heavy (non-hydrogen) atoms. The Hall–Kier alpha value is -1.30. The van der Waals surface area contributed by atoms with Crippen LogP contribution in [0.1, 0.15) is 32.0 Å². The smallest absolute Gasteiger partial charge is 0.345 e. The fraction of sp³-hybridized carbons (Fsp3) is 0.643. The lowest BCUT2D eigenvalue weighted by Gasteiger charge is -2.29. The third kappa shape index (κ3) is 5.00. The van der Waals surface area contributed by atoms with Crippen LogP contribution in [0, 0.1) is 6.92 Å². The van der Waals surface area contributed by atoms with Crippen LogP contribution in [-0.4, -0.2) is 30.3 Å². The number of rotatable bonds is 6. The molecule has 1 heterocycles. The molecular weight excluding hydrogens is 267 g/mol. The van der Waals surface area contributed by atoms with Gasteiger partial charge in [0.1, 0.15) is 12.4 Å². The van der Waals surface area contributed by atoms with Gasteiger partial charge in [-0.2, -0.15) is 13.2 Å². The van der Waals surface area contributed by atoms with E-state index >= 15 is 0 Å². The molecule has 1 rings (SSSR count). The summed E-state index contributed by atoms with van der Waals surface area (Å²) in [6.45, 7) is 7.82. The minimum absolute atomic E-state index is 0.261. The summed E-state index contributed by atoms with van der Waals surface area (Å²) in [6, 6.07) is 3.24. The van der Waals surface area contributed by atoms with Crippen molar-refractivity contribution in [2.75, 3.05) is 18.0 Å². The van der Waals surface area contributed by atoms with E-state index in [0.29, 0.717) is 12.4 Å². The second-order valence-electron chi connectivity index (χ2n) is 5.03. The number of nitrogens with one attached hydrogen (secondary N) is 1. The van der Waals surface area contributed by atoms with E-state index in [-0.39, 0.29) is 6.04 Å². The van der Waals surface area contributed by atoms with Crippen molar-refractivity contribution < 1.29 is 13.2 Å². The SMILES string of the molecule is CCNCc1ccc(N(CC(F)(F)F)C(C)C)nc1C. The molecule has 0 bridgehead atoms. The Morgan fingerprint density at radius 3 is 2.40 bits per heavy atom. The largest absolute Gasteiger partial charge is 0.405 e. The van der Waals surface area contributed by atoms with Crippen molar-refractivity contribution in [3.8, 4) is 0 Å². The first-order chi connectivity index (χ1) is 9.24. The summed E-state index contributed by atoms with van der Waals surface area (Å²) in [6.07, 6.45) is -4.23. The Balaban J connectivity index is 2.95. The fourth-order valence-electron chi connectivity index (χ4n) is 1.90. The van der Waals surface area contributed by atoms with Gasteiger partial charge in [0.05, 0.1) is 0 Å². The van der Waals surface area contributed by atoms with Gasteiger partial charge in [0.25, 0.3) is 0 Å². The van der Waals surface area contributed by atoms with E-state index < -0.39 is 12.7 Å². The molecule has 1 N–H and O–H groups in total. The quantitative estimate of drug-likeness (QED) is 0.871. The highest BCUT2D eigenvalue weighted by molar-refractivity contribution is 5.42. The molecule has 1 aromatic heterocycles. The summed E-state index contributed by atoms with van der Waals surface area (Å²) in [5.41, 5.74) is 1.77. The first-order valence-electron chi connectivity index (χ1n) is 6.75. The van der Waals surface area contributed by atoms with Gasteiger partial charge in [-0.1, -0.05) is 13.0 Å². The number of alkyl halides is 3. The van der Waals surface area contributed by atoms with E-state index in [9.17, 15) is 13.2 Å². The van der Waals surface area contributed by atoms with Crippen molar-refractivity contribution in [1.82, 2.24) is 10.3 Å². The predicted molar refractivity (Wildman–Crippen MR) is 74.9 cm³/mol. The van der Waals surface area contributed by atoms with Crippen LogP contribution in [-0.2, 0) is 6.54 Å². The second-order valence-corrected chi connectivity index (χ2v) is 5.03. The second kappa shape index (κ2) is 6.92. The molecule has 0 aromatic carbocycles. The highest BCUT2D eigenvalue weighted by Crippen LogP contribution is 2.23. The van der Waals surface area contributed by atoms with Crippen LogP contribution in [0.4, 0.5) is 19.0 Å². The molecule has 0 saturated carbocycles. The zero-order valence-corrected chi connectivity index (χ0v) is 12.4. The molecule has 6 heteroatoms. The molecule has 0 aliphatic heterocycles. The van der Waals surface area contributed by atoms with Gasteiger partial charge >= 0.3 is 6.18 Å². The third-order valence-electron chi connectivity index (χ3n) is 3.01. The molecule has 0 fully saturated rings. The minimum Gasteiger partial charge on any atom is -0.345 e. The molecular formula is C14H22F3N3. The van der Waals surface area contributed by atoms with Gasteiger partial charge in [0, 0.05) is 18.3 Å². The molecule has 0 radical (unpaired) electrons. The molecule has 1 aromatic rings. The van der Waals surface area contributed by atoms with E-state index in [2.05, 4.69) is 10.3 Å². The number of hydrogen-bond donors (Lipinski definition) is 1. The molecule has 0 spiro atoms. The van der Waals surface area contributed by atoms with Gasteiger partial charge in [0.15, 0.2) is 0 Å². The van der Waals surface area contributed by atoms with Crippen LogP contribution in [0.2, 0.25) is 0 Å². The van der Waals surface area contributed by atoms with Crippen molar-refractivity contribution >= 4 is 5.82 Å². The molecule has 0 atom stereocenters. The fourth-order valence-corrected chi connectivity index (χ4v) is 1.90. The molecule has 0 amide bonds. The maximum atomic E-state index is 12.6. The number of anilines is 1. The highest BCUT2D eigenvalue weighted by atomic mass is 19.4. The summed E-state index contributed by atoms with van der Waals surface area (Å²) in [4.78, 5) is 5.59. The molecule has 0 unspecified atom stereocenters. The molecule has 0 aliphatic carbocycles. The summed E-state index contributed by atoms with van der Waals surface area (Å²) < 4.78 is 37.9.